The lowest BCUT2D eigenvalue weighted by Gasteiger charge is -2.06. The molecule has 1 rings (SSSR count). The van der Waals surface area contributed by atoms with Crippen molar-refractivity contribution in [1.82, 2.24) is 0 Å². The van der Waals surface area contributed by atoms with Gasteiger partial charge in [0.15, 0.2) is 0 Å². The minimum absolute atomic E-state index is 0.252. The van der Waals surface area contributed by atoms with E-state index < -0.39 is 0 Å². The molecule has 3 heteroatoms. The molecule has 0 saturated heterocycles. The summed E-state index contributed by atoms with van der Waals surface area (Å²) in [6.07, 6.45) is 0.621. The third-order valence-corrected chi connectivity index (χ3v) is 3.86. The van der Waals surface area contributed by atoms with Crippen LogP contribution in [0.3, 0.4) is 0 Å². The molecule has 0 aliphatic heterocycles. The Morgan fingerprint density at radius 3 is 2.85 bits per heavy atom. The Morgan fingerprint density at radius 2 is 2.31 bits per heavy atom. The van der Waals surface area contributed by atoms with Crippen molar-refractivity contribution in [3.8, 4) is 0 Å². The van der Waals surface area contributed by atoms with Gasteiger partial charge in [-0.1, -0.05) is 6.92 Å². The Kier molecular flexibility index (Phi) is 4.84. The Morgan fingerprint density at radius 1 is 1.54 bits per heavy atom. The van der Waals surface area contributed by atoms with Crippen LogP contribution in [-0.2, 0) is 0 Å². The van der Waals surface area contributed by atoms with E-state index in [9.17, 15) is 5.11 Å². The molecule has 0 aliphatic carbocycles. The van der Waals surface area contributed by atoms with Crippen molar-refractivity contribution >= 4 is 23.1 Å². The monoisotopic (exact) mass is 216 g/mol. The summed E-state index contributed by atoms with van der Waals surface area (Å²) < 4.78 is 0. The van der Waals surface area contributed by atoms with Crippen molar-refractivity contribution < 1.29 is 5.11 Å². The number of thioether (sulfide) groups is 1. The van der Waals surface area contributed by atoms with Gasteiger partial charge in [-0.3, -0.25) is 0 Å². The van der Waals surface area contributed by atoms with Crippen molar-refractivity contribution in [1.29, 1.82) is 0 Å². The van der Waals surface area contributed by atoms with Crippen LogP contribution in [0, 0.1) is 6.92 Å². The number of aliphatic hydroxyl groups is 1. The Bertz CT molecular complexity index is 245. The maximum Gasteiger partial charge on any atom is 0.0889 e. The fraction of sp³-hybridized carbons (Fsp3) is 0.600. The van der Waals surface area contributed by atoms with Crippen molar-refractivity contribution in [2.24, 2.45) is 0 Å². The van der Waals surface area contributed by atoms with Crippen LogP contribution in [0.2, 0.25) is 0 Å². The number of aliphatic hydroxyl groups excluding tert-OH is 1. The fourth-order valence-electron chi connectivity index (χ4n) is 1.11. The molecule has 0 aromatic carbocycles. The van der Waals surface area contributed by atoms with E-state index in [4.69, 9.17) is 0 Å². The second-order valence-electron chi connectivity index (χ2n) is 2.95. The zero-order valence-corrected chi connectivity index (χ0v) is 9.75. The summed E-state index contributed by atoms with van der Waals surface area (Å²) in [4.78, 5) is 2.38. The van der Waals surface area contributed by atoms with Gasteiger partial charge in [0.1, 0.15) is 0 Å². The lowest BCUT2D eigenvalue weighted by molar-refractivity contribution is 0.179. The lowest BCUT2D eigenvalue weighted by atomic mass is 10.2. The van der Waals surface area contributed by atoms with E-state index in [2.05, 4.69) is 19.9 Å². The molecule has 1 aromatic heterocycles. The normalized spacial score (nSPS) is 13.2. The Hall–Kier alpha value is 0.01000. The number of rotatable bonds is 5. The van der Waals surface area contributed by atoms with E-state index in [0.29, 0.717) is 0 Å². The van der Waals surface area contributed by atoms with Gasteiger partial charge in [0.05, 0.1) is 6.10 Å². The molecule has 0 saturated carbocycles. The van der Waals surface area contributed by atoms with Gasteiger partial charge in [0.25, 0.3) is 0 Å². The first-order valence-corrected chi connectivity index (χ1v) is 6.53. The minimum Gasteiger partial charge on any atom is -0.388 e. The molecule has 0 spiro atoms. The highest BCUT2D eigenvalue weighted by atomic mass is 32.2. The molecule has 0 amide bonds. The summed E-state index contributed by atoms with van der Waals surface area (Å²) in [5.41, 5.74) is 0. The van der Waals surface area contributed by atoms with Crippen molar-refractivity contribution in [3.05, 3.63) is 21.9 Å². The molecule has 1 atom stereocenters. The van der Waals surface area contributed by atoms with Crippen LogP contribution >= 0.6 is 23.1 Å². The smallest absolute Gasteiger partial charge is 0.0889 e. The van der Waals surface area contributed by atoms with Gasteiger partial charge in [-0.2, -0.15) is 11.8 Å². The van der Waals surface area contributed by atoms with Crippen LogP contribution in [-0.4, -0.2) is 16.6 Å². The first-order chi connectivity index (χ1) is 6.24. The van der Waals surface area contributed by atoms with Crippen LogP contribution in [0.4, 0.5) is 0 Å². The van der Waals surface area contributed by atoms with E-state index in [1.165, 1.54) is 4.88 Å². The van der Waals surface area contributed by atoms with Gasteiger partial charge >= 0.3 is 0 Å². The summed E-state index contributed by atoms with van der Waals surface area (Å²) >= 11 is 3.58. The predicted octanol–water partition coefficient (Wildman–Crippen LogP) is 3.23. The van der Waals surface area contributed by atoms with Gasteiger partial charge in [0.2, 0.25) is 0 Å². The van der Waals surface area contributed by atoms with Gasteiger partial charge in [-0.25, -0.2) is 0 Å². The molecule has 1 nitrogen and oxygen atoms in total. The van der Waals surface area contributed by atoms with Crippen molar-refractivity contribution in [3.63, 3.8) is 0 Å². The number of hydrogen-bond acceptors (Lipinski definition) is 3. The highest BCUT2D eigenvalue weighted by molar-refractivity contribution is 7.99. The highest BCUT2D eigenvalue weighted by Gasteiger charge is 2.08. The summed E-state index contributed by atoms with van der Waals surface area (Å²) in [5.74, 6) is 2.19. The molecular weight excluding hydrogens is 200 g/mol. The zero-order valence-electron chi connectivity index (χ0n) is 8.12. The van der Waals surface area contributed by atoms with Gasteiger partial charge < -0.3 is 5.11 Å². The molecule has 1 N–H and O–H groups in total. The third kappa shape index (κ3) is 3.71. The van der Waals surface area contributed by atoms with Gasteiger partial charge in [0, 0.05) is 9.75 Å². The second-order valence-corrected chi connectivity index (χ2v) is 5.66. The van der Waals surface area contributed by atoms with E-state index >= 15 is 0 Å². The minimum atomic E-state index is -0.252. The van der Waals surface area contributed by atoms with E-state index in [1.807, 2.05) is 17.8 Å². The SMILES string of the molecule is CCSCCC(O)c1ccc(C)s1. The van der Waals surface area contributed by atoms with E-state index in [0.717, 1.165) is 22.8 Å². The summed E-state index contributed by atoms with van der Waals surface area (Å²) in [5, 5.41) is 9.76. The molecule has 1 aromatic rings. The molecule has 0 radical (unpaired) electrons. The quantitative estimate of drug-likeness (QED) is 0.763. The molecule has 0 fully saturated rings. The van der Waals surface area contributed by atoms with Crippen molar-refractivity contribution in [2.45, 2.75) is 26.4 Å². The fourth-order valence-corrected chi connectivity index (χ4v) is 2.69. The van der Waals surface area contributed by atoms with Gasteiger partial charge in [-0.05, 0) is 37.0 Å². The largest absolute Gasteiger partial charge is 0.388 e. The molecule has 0 aliphatic rings. The van der Waals surface area contributed by atoms with E-state index in [1.54, 1.807) is 11.3 Å². The van der Waals surface area contributed by atoms with Crippen LogP contribution in [0.25, 0.3) is 0 Å². The Labute approximate surface area is 88.2 Å². The first-order valence-electron chi connectivity index (χ1n) is 4.56. The molecular formula is C10H16OS2. The summed E-state index contributed by atoms with van der Waals surface area (Å²) in [6.45, 7) is 4.22. The average molecular weight is 216 g/mol. The predicted molar refractivity (Wildman–Crippen MR) is 61.6 cm³/mol. The molecule has 74 valence electrons. The van der Waals surface area contributed by atoms with Crippen LogP contribution < -0.4 is 0 Å². The topological polar surface area (TPSA) is 20.2 Å². The highest BCUT2D eigenvalue weighted by Crippen LogP contribution is 2.25. The molecule has 1 heterocycles. The average Bonchev–Trinajstić information content (AvgIpc) is 2.52. The number of hydrogen-bond donors (Lipinski definition) is 1. The van der Waals surface area contributed by atoms with Crippen molar-refractivity contribution in [2.75, 3.05) is 11.5 Å². The maximum atomic E-state index is 9.76. The number of thiophene rings is 1. The molecule has 1 unspecified atom stereocenters. The zero-order chi connectivity index (χ0) is 9.68. The summed E-state index contributed by atoms with van der Waals surface area (Å²) in [6, 6.07) is 4.09. The lowest BCUT2D eigenvalue weighted by Crippen LogP contribution is -1.96. The van der Waals surface area contributed by atoms with Crippen LogP contribution in [0.5, 0.6) is 0 Å². The molecule has 0 bridgehead atoms. The first kappa shape index (κ1) is 11.1. The van der Waals surface area contributed by atoms with E-state index in [-0.39, 0.29) is 6.10 Å². The Balaban J connectivity index is 2.35. The van der Waals surface area contributed by atoms with Gasteiger partial charge in [-0.15, -0.1) is 11.3 Å². The summed E-state index contributed by atoms with van der Waals surface area (Å²) in [7, 11) is 0. The van der Waals surface area contributed by atoms with Crippen LogP contribution in [0.15, 0.2) is 12.1 Å². The standard InChI is InChI=1S/C10H16OS2/c1-3-12-7-6-9(11)10-5-4-8(2)13-10/h4-5,9,11H,3,6-7H2,1-2H3. The maximum absolute atomic E-state index is 9.76. The van der Waals surface area contributed by atoms with Crippen LogP contribution in [0.1, 0.15) is 29.2 Å². The molecule has 13 heavy (non-hydrogen) atoms. The second kappa shape index (κ2) is 5.68. The third-order valence-electron chi connectivity index (χ3n) is 1.83. The number of aryl methyl sites for hydroxylation is 1.